The van der Waals surface area contributed by atoms with Crippen LogP contribution in [0.3, 0.4) is 0 Å². The summed E-state index contributed by atoms with van der Waals surface area (Å²) in [6.45, 7) is 2.49. The minimum Gasteiger partial charge on any atom is -0.0625 e. The number of fused-ring (bicyclic) bond motifs is 1. The lowest BCUT2D eigenvalue weighted by Gasteiger charge is -2.42. The van der Waals surface area contributed by atoms with E-state index in [2.05, 4.69) is 6.92 Å². The van der Waals surface area contributed by atoms with Crippen LogP contribution in [0.4, 0.5) is 0 Å². The van der Waals surface area contributed by atoms with Gasteiger partial charge in [0.25, 0.3) is 0 Å². The first-order valence-electron chi connectivity index (χ1n) is 7.84. The minimum atomic E-state index is 1.03. The molecular formula is C16H28. The van der Waals surface area contributed by atoms with Crippen molar-refractivity contribution in [2.75, 3.05) is 0 Å². The van der Waals surface area contributed by atoms with E-state index in [1.807, 2.05) is 0 Å². The van der Waals surface area contributed by atoms with Crippen molar-refractivity contribution in [2.45, 2.75) is 71.1 Å². The van der Waals surface area contributed by atoms with Crippen molar-refractivity contribution < 1.29 is 0 Å². The topological polar surface area (TPSA) is 0 Å². The molecule has 3 fully saturated rings. The zero-order valence-electron chi connectivity index (χ0n) is 11.0. The molecule has 0 aromatic carbocycles. The predicted octanol–water partition coefficient (Wildman–Crippen LogP) is 5.03. The molecule has 3 aliphatic carbocycles. The Labute approximate surface area is 101 Å². The summed E-state index contributed by atoms with van der Waals surface area (Å²) in [6, 6.07) is 0. The van der Waals surface area contributed by atoms with Crippen LogP contribution in [0.2, 0.25) is 0 Å². The number of hydrogen-bond acceptors (Lipinski definition) is 0. The Morgan fingerprint density at radius 3 is 1.88 bits per heavy atom. The first kappa shape index (κ1) is 11.1. The maximum atomic E-state index is 2.49. The normalized spacial score (nSPS) is 48.9. The molecular weight excluding hydrogens is 192 g/mol. The van der Waals surface area contributed by atoms with Gasteiger partial charge in [-0.15, -0.1) is 0 Å². The lowest BCUT2D eigenvalue weighted by molar-refractivity contribution is 0.0854. The molecule has 3 aliphatic rings. The summed E-state index contributed by atoms with van der Waals surface area (Å²) in [7, 11) is 0. The molecule has 0 amide bonds. The summed E-state index contributed by atoms with van der Waals surface area (Å²) in [4.78, 5) is 0. The SMILES string of the molecule is C[C@@H]1CCC[C@H]([C@@H]2CCC[C@H]3CCC[C@H]32)C1. The van der Waals surface area contributed by atoms with Crippen LogP contribution in [0.25, 0.3) is 0 Å². The molecule has 3 rings (SSSR count). The van der Waals surface area contributed by atoms with Crippen LogP contribution in [-0.4, -0.2) is 0 Å². The molecule has 5 atom stereocenters. The molecule has 0 radical (unpaired) electrons. The third-order valence-electron chi connectivity index (χ3n) is 5.96. The predicted molar refractivity (Wildman–Crippen MR) is 69.3 cm³/mol. The molecule has 92 valence electrons. The molecule has 0 nitrogen and oxygen atoms in total. The van der Waals surface area contributed by atoms with Gasteiger partial charge in [0.1, 0.15) is 0 Å². The molecule has 0 aromatic rings. The number of rotatable bonds is 1. The standard InChI is InChI=1S/C16H28/c1-12-5-2-8-14(11-12)16-10-4-7-13-6-3-9-15(13)16/h12-16H,2-11H2,1H3/t12-,13-,14+,15-,16+/m1/s1. The Hall–Kier alpha value is 0. The number of hydrogen-bond donors (Lipinski definition) is 0. The highest BCUT2D eigenvalue weighted by Gasteiger charge is 2.40. The van der Waals surface area contributed by atoms with Crippen LogP contribution in [0.15, 0.2) is 0 Å². The minimum absolute atomic E-state index is 1.03. The largest absolute Gasteiger partial charge is 0.0625 e. The van der Waals surface area contributed by atoms with Crippen LogP contribution in [-0.2, 0) is 0 Å². The Kier molecular flexibility index (Phi) is 3.27. The second-order valence-corrected chi connectivity index (χ2v) is 6.98. The summed E-state index contributed by atoms with van der Waals surface area (Å²) in [5, 5.41) is 0. The highest BCUT2D eigenvalue weighted by Crippen LogP contribution is 2.51. The molecule has 0 spiro atoms. The van der Waals surface area contributed by atoms with Crippen LogP contribution < -0.4 is 0 Å². The van der Waals surface area contributed by atoms with Crippen molar-refractivity contribution in [3.05, 3.63) is 0 Å². The summed E-state index contributed by atoms with van der Waals surface area (Å²) < 4.78 is 0. The Morgan fingerprint density at radius 1 is 0.625 bits per heavy atom. The summed E-state index contributed by atoms with van der Waals surface area (Å²) in [5.74, 6) is 5.60. The average molecular weight is 220 g/mol. The van der Waals surface area contributed by atoms with E-state index in [1.54, 1.807) is 51.4 Å². The van der Waals surface area contributed by atoms with Crippen molar-refractivity contribution in [2.24, 2.45) is 29.6 Å². The van der Waals surface area contributed by atoms with Crippen molar-refractivity contribution in [1.29, 1.82) is 0 Å². The van der Waals surface area contributed by atoms with Crippen LogP contribution in [0.1, 0.15) is 71.1 Å². The van der Waals surface area contributed by atoms with E-state index in [0.29, 0.717) is 0 Å². The smallest absolute Gasteiger partial charge is 0.0355 e. The van der Waals surface area contributed by atoms with E-state index < -0.39 is 0 Å². The second-order valence-electron chi connectivity index (χ2n) is 6.98. The van der Waals surface area contributed by atoms with Gasteiger partial charge in [-0.05, 0) is 48.9 Å². The van der Waals surface area contributed by atoms with E-state index in [4.69, 9.17) is 0 Å². The molecule has 3 saturated carbocycles. The maximum Gasteiger partial charge on any atom is -0.0355 e. The van der Waals surface area contributed by atoms with Gasteiger partial charge in [-0.25, -0.2) is 0 Å². The fraction of sp³-hybridized carbons (Fsp3) is 1.00. The third-order valence-corrected chi connectivity index (χ3v) is 5.96. The molecule has 0 aromatic heterocycles. The van der Waals surface area contributed by atoms with E-state index in [0.717, 1.165) is 29.6 Å². The molecule has 0 unspecified atom stereocenters. The van der Waals surface area contributed by atoms with Crippen LogP contribution >= 0.6 is 0 Å². The highest BCUT2D eigenvalue weighted by molar-refractivity contribution is 4.91. The molecule has 0 heteroatoms. The van der Waals surface area contributed by atoms with Crippen LogP contribution in [0, 0.1) is 29.6 Å². The van der Waals surface area contributed by atoms with E-state index in [9.17, 15) is 0 Å². The van der Waals surface area contributed by atoms with Gasteiger partial charge in [0.2, 0.25) is 0 Å². The summed E-state index contributed by atoms with van der Waals surface area (Å²) >= 11 is 0. The van der Waals surface area contributed by atoms with Gasteiger partial charge in [0, 0.05) is 0 Å². The lowest BCUT2D eigenvalue weighted by atomic mass is 9.64. The van der Waals surface area contributed by atoms with Gasteiger partial charge in [-0.1, -0.05) is 51.9 Å². The second kappa shape index (κ2) is 4.70. The molecule has 0 aliphatic heterocycles. The monoisotopic (exact) mass is 220 g/mol. The summed E-state index contributed by atoms with van der Waals surface area (Å²) in [6.07, 6.45) is 15.6. The lowest BCUT2D eigenvalue weighted by Crippen LogP contribution is -2.32. The quantitative estimate of drug-likeness (QED) is 0.581. The van der Waals surface area contributed by atoms with Gasteiger partial charge in [0.05, 0.1) is 0 Å². The summed E-state index contributed by atoms with van der Waals surface area (Å²) in [5.41, 5.74) is 0. The molecule has 0 heterocycles. The zero-order chi connectivity index (χ0) is 11.0. The van der Waals surface area contributed by atoms with Gasteiger partial charge in [-0.3, -0.25) is 0 Å². The fourth-order valence-electron chi connectivity index (χ4n) is 5.27. The highest BCUT2D eigenvalue weighted by atomic mass is 14.5. The van der Waals surface area contributed by atoms with Gasteiger partial charge in [-0.2, -0.15) is 0 Å². The van der Waals surface area contributed by atoms with Gasteiger partial charge < -0.3 is 0 Å². The fourth-order valence-corrected chi connectivity index (χ4v) is 5.27. The molecule has 0 bridgehead atoms. The van der Waals surface area contributed by atoms with Gasteiger partial charge in [0.15, 0.2) is 0 Å². The van der Waals surface area contributed by atoms with Crippen molar-refractivity contribution >= 4 is 0 Å². The Morgan fingerprint density at radius 2 is 1.19 bits per heavy atom. The Bertz CT molecular complexity index is 232. The van der Waals surface area contributed by atoms with Gasteiger partial charge >= 0.3 is 0 Å². The third kappa shape index (κ3) is 2.05. The van der Waals surface area contributed by atoms with Crippen LogP contribution in [0.5, 0.6) is 0 Å². The average Bonchev–Trinajstić information content (AvgIpc) is 2.76. The van der Waals surface area contributed by atoms with E-state index >= 15 is 0 Å². The van der Waals surface area contributed by atoms with Crippen molar-refractivity contribution in [3.63, 3.8) is 0 Å². The maximum absolute atomic E-state index is 2.49. The van der Waals surface area contributed by atoms with E-state index in [1.165, 1.54) is 12.8 Å². The van der Waals surface area contributed by atoms with Crippen molar-refractivity contribution in [1.82, 2.24) is 0 Å². The first-order valence-corrected chi connectivity index (χ1v) is 7.84. The first-order chi connectivity index (χ1) is 7.84. The molecule has 0 saturated heterocycles. The molecule has 0 N–H and O–H groups in total. The van der Waals surface area contributed by atoms with E-state index in [-0.39, 0.29) is 0 Å². The van der Waals surface area contributed by atoms with Crippen molar-refractivity contribution in [3.8, 4) is 0 Å². The molecule has 16 heavy (non-hydrogen) atoms. The zero-order valence-corrected chi connectivity index (χ0v) is 11.0. The Balaban J connectivity index is 1.67.